The molecular formula is C10H17NO3S. The van der Waals surface area contributed by atoms with Crippen LogP contribution >= 0.6 is 11.8 Å². The standard InChI is InChI=1S/C10H17NO3S/c1-7(6-15-2)9(12)11-5-3-4-8(11)10(13)14/h7-8H,3-6H2,1-2H3,(H,13,14). The Kier molecular flexibility index (Phi) is 4.45. The highest BCUT2D eigenvalue weighted by atomic mass is 32.2. The van der Waals surface area contributed by atoms with E-state index in [9.17, 15) is 9.59 Å². The highest BCUT2D eigenvalue weighted by Gasteiger charge is 2.35. The molecule has 4 nitrogen and oxygen atoms in total. The number of hydrogen-bond acceptors (Lipinski definition) is 3. The molecule has 0 aromatic carbocycles. The molecule has 0 saturated carbocycles. The van der Waals surface area contributed by atoms with Crippen molar-refractivity contribution in [2.75, 3.05) is 18.6 Å². The van der Waals surface area contributed by atoms with Gasteiger partial charge in [0.25, 0.3) is 0 Å². The van der Waals surface area contributed by atoms with Crippen LogP contribution in [0.15, 0.2) is 0 Å². The number of rotatable bonds is 4. The van der Waals surface area contributed by atoms with E-state index in [4.69, 9.17) is 5.11 Å². The van der Waals surface area contributed by atoms with Gasteiger partial charge in [0, 0.05) is 18.2 Å². The maximum absolute atomic E-state index is 11.9. The molecule has 1 rings (SSSR count). The molecule has 2 atom stereocenters. The second-order valence-corrected chi connectivity index (χ2v) is 4.79. The van der Waals surface area contributed by atoms with Crippen molar-refractivity contribution in [2.24, 2.45) is 5.92 Å². The van der Waals surface area contributed by atoms with E-state index >= 15 is 0 Å². The lowest BCUT2D eigenvalue weighted by Gasteiger charge is -2.24. The molecule has 2 unspecified atom stereocenters. The SMILES string of the molecule is CSCC(C)C(=O)N1CCCC1C(=O)O. The first kappa shape index (κ1) is 12.4. The monoisotopic (exact) mass is 231 g/mol. The third-order valence-corrected chi connectivity index (χ3v) is 3.49. The molecule has 1 fully saturated rings. The van der Waals surface area contributed by atoms with Crippen LogP contribution in [-0.4, -0.2) is 46.5 Å². The Morgan fingerprint density at radius 2 is 2.27 bits per heavy atom. The lowest BCUT2D eigenvalue weighted by Crippen LogP contribution is -2.43. The predicted octanol–water partition coefficient (Wildman–Crippen LogP) is 1.06. The van der Waals surface area contributed by atoms with Gasteiger partial charge in [-0.25, -0.2) is 4.79 Å². The molecule has 0 aromatic rings. The zero-order valence-electron chi connectivity index (χ0n) is 9.10. The summed E-state index contributed by atoms with van der Waals surface area (Å²) in [5.74, 6) is -0.229. The number of likely N-dealkylation sites (tertiary alicyclic amines) is 1. The molecule has 0 aliphatic carbocycles. The summed E-state index contributed by atoms with van der Waals surface area (Å²) in [6, 6.07) is -0.596. The van der Waals surface area contributed by atoms with Gasteiger partial charge in [0.15, 0.2) is 0 Å². The van der Waals surface area contributed by atoms with Crippen LogP contribution in [0.25, 0.3) is 0 Å². The van der Waals surface area contributed by atoms with Gasteiger partial charge in [-0.2, -0.15) is 11.8 Å². The van der Waals surface area contributed by atoms with Crippen molar-refractivity contribution < 1.29 is 14.7 Å². The molecule has 1 heterocycles. The number of hydrogen-bond donors (Lipinski definition) is 1. The molecular weight excluding hydrogens is 214 g/mol. The topological polar surface area (TPSA) is 57.6 Å². The Morgan fingerprint density at radius 3 is 2.80 bits per heavy atom. The van der Waals surface area contributed by atoms with E-state index in [0.29, 0.717) is 13.0 Å². The van der Waals surface area contributed by atoms with Gasteiger partial charge in [-0.1, -0.05) is 6.92 Å². The van der Waals surface area contributed by atoms with E-state index in [2.05, 4.69) is 0 Å². The van der Waals surface area contributed by atoms with Crippen LogP contribution in [0.4, 0.5) is 0 Å². The molecule has 1 aliphatic rings. The number of amides is 1. The predicted molar refractivity (Wildman–Crippen MR) is 59.9 cm³/mol. The maximum atomic E-state index is 11.9. The van der Waals surface area contributed by atoms with Gasteiger partial charge >= 0.3 is 5.97 Å². The first-order valence-electron chi connectivity index (χ1n) is 5.10. The number of carboxylic acids is 1. The average molecular weight is 231 g/mol. The van der Waals surface area contributed by atoms with Crippen molar-refractivity contribution in [2.45, 2.75) is 25.8 Å². The second-order valence-electron chi connectivity index (χ2n) is 3.88. The van der Waals surface area contributed by atoms with E-state index in [0.717, 1.165) is 12.2 Å². The van der Waals surface area contributed by atoms with Crippen molar-refractivity contribution in [3.8, 4) is 0 Å². The van der Waals surface area contributed by atoms with Gasteiger partial charge in [0.2, 0.25) is 5.91 Å². The van der Waals surface area contributed by atoms with Gasteiger partial charge in [0.1, 0.15) is 6.04 Å². The second kappa shape index (κ2) is 5.39. The van der Waals surface area contributed by atoms with Gasteiger partial charge in [0.05, 0.1) is 0 Å². The minimum absolute atomic E-state index is 0.0192. The zero-order chi connectivity index (χ0) is 11.4. The molecule has 86 valence electrons. The number of nitrogens with zero attached hydrogens (tertiary/aromatic N) is 1. The Morgan fingerprint density at radius 1 is 1.60 bits per heavy atom. The van der Waals surface area contributed by atoms with Gasteiger partial charge < -0.3 is 10.0 Å². The lowest BCUT2D eigenvalue weighted by molar-refractivity contribution is -0.149. The maximum Gasteiger partial charge on any atom is 0.326 e. The zero-order valence-corrected chi connectivity index (χ0v) is 9.92. The molecule has 1 saturated heterocycles. The van der Waals surface area contributed by atoms with Gasteiger partial charge in [-0.3, -0.25) is 4.79 Å². The number of carbonyl (C=O) groups excluding carboxylic acids is 1. The van der Waals surface area contributed by atoms with E-state index in [1.54, 1.807) is 11.8 Å². The summed E-state index contributed by atoms with van der Waals surface area (Å²) in [5.41, 5.74) is 0. The third-order valence-electron chi connectivity index (χ3n) is 2.66. The van der Waals surface area contributed by atoms with Crippen LogP contribution in [0, 0.1) is 5.92 Å². The minimum atomic E-state index is -0.878. The van der Waals surface area contributed by atoms with Crippen LogP contribution in [-0.2, 0) is 9.59 Å². The van der Waals surface area contributed by atoms with Gasteiger partial charge in [-0.05, 0) is 19.1 Å². The molecule has 5 heteroatoms. The number of thioether (sulfide) groups is 1. The van der Waals surface area contributed by atoms with Crippen molar-refractivity contribution in [3.63, 3.8) is 0 Å². The summed E-state index contributed by atoms with van der Waals surface area (Å²) in [5, 5.41) is 8.95. The molecule has 0 radical (unpaired) electrons. The Labute approximate surface area is 94.0 Å². The molecule has 0 bridgehead atoms. The highest BCUT2D eigenvalue weighted by Crippen LogP contribution is 2.21. The van der Waals surface area contributed by atoms with E-state index in [1.165, 1.54) is 4.90 Å². The fourth-order valence-electron chi connectivity index (χ4n) is 1.89. The fourth-order valence-corrected chi connectivity index (χ4v) is 2.53. The van der Waals surface area contributed by atoms with E-state index in [-0.39, 0.29) is 11.8 Å². The van der Waals surface area contributed by atoms with Crippen molar-refractivity contribution in [1.82, 2.24) is 4.90 Å². The first-order chi connectivity index (χ1) is 7.07. The lowest BCUT2D eigenvalue weighted by atomic mass is 10.1. The molecule has 1 aliphatic heterocycles. The molecule has 1 N–H and O–H groups in total. The van der Waals surface area contributed by atoms with Crippen LogP contribution < -0.4 is 0 Å². The number of carbonyl (C=O) groups is 2. The Hall–Kier alpha value is -0.710. The smallest absolute Gasteiger partial charge is 0.326 e. The summed E-state index contributed by atoms with van der Waals surface area (Å²) < 4.78 is 0. The first-order valence-corrected chi connectivity index (χ1v) is 6.49. The number of carboxylic acid groups (broad SMARTS) is 1. The minimum Gasteiger partial charge on any atom is -0.480 e. The average Bonchev–Trinajstić information content (AvgIpc) is 2.65. The van der Waals surface area contributed by atoms with Crippen molar-refractivity contribution in [1.29, 1.82) is 0 Å². The molecule has 15 heavy (non-hydrogen) atoms. The van der Waals surface area contributed by atoms with E-state index < -0.39 is 12.0 Å². The van der Waals surface area contributed by atoms with Crippen LogP contribution in [0.2, 0.25) is 0 Å². The summed E-state index contributed by atoms with van der Waals surface area (Å²) in [6.45, 7) is 2.45. The molecule has 0 spiro atoms. The molecule has 1 amide bonds. The Balaban J connectivity index is 2.62. The third kappa shape index (κ3) is 2.87. The summed E-state index contributed by atoms with van der Waals surface area (Å²) in [7, 11) is 0. The summed E-state index contributed by atoms with van der Waals surface area (Å²) in [4.78, 5) is 24.3. The quantitative estimate of drug-likeness (QED) is 0.786. The normalized spacial score (nSPS) is 22.8. The molecule has 0 aromatic heterocycles. The van der Waals surface area contributed by atoms with Crippen LogP contribution in [0.5, 0.6) is 0 Å². The highest BCUT2D eigenvalue weighted by molar-refractivity contribution is 7.98. The van der Waals surface area contributed by atoms with Gasteiger partial charge in [-0.15, -0.1) is 0 Å². The van der Waals surface area contributed by atoms with Crippen LogP contribution in [0.1, 0.15) is 19.8 Å². The summed E-state index contributed by atoms with van der Waals surface area (Å²) in [6.07, 6.45) is 3.34. The van der Waals surface area contributed by atoms with E-state index in [1.807, 2.05) is 13.2 Å². The fraction of sp³-hybridized carbons (Fsp3) is 0.800. The van der Waals surface area contributed by atoms with Crippen LogP contribution in [0.3, 0.4) is 0 Å². The van der Waals surface area contributed by atoms with Crippen molar-refractivity contribution in [3.05, 3.63) is 0 Å². The Bertz CT molecular complexity index is 257. The number of aliphatic carboxylic acids is 1. The largest absolute Gasteiger partial charge is 0.480 e. The summed E-state index contributed by atoms with van der Waals surface area (Å²) >= 11 is 1.61. The van der Waals surface area contributed by atoms with Crippen molar-refractivity contribution >= 4 is 23.6 Å².